The van der Waals surface area contributed by atoms with E-state index in [4.69, 9.17) is 22.3 Å². The van der Waals surface area contributed by atoms with Gasteiger partial charge in [-0.1, -0.05) is 30.0 Å². The van der Waals surface area contributed by atoms with E-state index in [1.807, 2.05) is 34.9 Å². The summed E-state index contributed by atoms with van der Waals surface area (Å²) in [5.74, 6) is 4.91. The van der Waals surface area contributed by atoms with Crippen molar-refractivity contribution in [2.24, 2.45) is 0 Å². The third-order valence-electron chi connectivity index (χ3n) is 5.86. The Labute approximate surface area is 213 Å². The van der Waals surface area contributed by atoms with Crippen LogP contribution in [0.15, 0.2) is 71.5 Å². The molecule has 0 unspecified atom stereocenters. The second kappa shape index (κ2) is 10.6. The first-order valence-electron chi connectivity index (χ1n) is 11.2. The van der Waals surface area contributed by atoms with Crippen LogP contribution >= 0.6 is 0 Å². The van der Waals surface area contributed by atoms with E-state index >= 15 is 0 Å². The van der Waals surface area contributed by atoms with Crippen LogP contribution in [-0.2, 0) is 9.47 Å². The number of rotatable bonds is 5. The summed E-state index contributed by atoms with van der Waals surface area (Å²) in [5.41, 5.74) is 2.53. The van der Waals surface area contributed by atoms with Crippen LogP contribution in [0.4, 0.5) is 21.0 Å². The molecule has 0 spiro atoms. The van der Waals surface area contributed by atoms with Gasteiger partial charge >= 0.3 is 12.2 Å². The average Bonchev–Trinajstić information content (AvgIpc) is 2.94. The van der Waals surface area contributed by atoms with Gasteiger partial charge in [0.15, 0.2) is 5.43 Å². The van der Waals surface area contributed by atoms with E-state index in [1.54, 1.807) is 36.4 Å². The van der Waals surface area contributed by atoms with Crippen molar-refractivity contribution in [2.45, 2.75) is 0 Å². The van der Waals surface area contributed by atoms with Crippen molar-refractivity contribution in [3.05, 3.63) is 77.0 Å². The SMILES string of the molecule is C#CCN(C(=O)OC)c1ccc2c(=O)c3ccc(N(CC#C)C(=O)OC)cc3n(-c3ccccc3)c2c1. The van der Waals surface area contributed by atoms with E-state index in [0.717, 1.165) is 5.69 Å². The zero-order chi connectivity index (χ0) is 26.5. The van der Waals surface area contributed by atoms with Gasteiger partial charge in [-0.15, -0.1) is 12.8 Å². The van der Waals surface area contributed by atoms with Crippen LogP contribution < -0.4 is 15.2 Å². The van der Waals surface area contributed by atoms with Crippen molar-refractivity contribution in [1.82, 2.24) is 4.57 Å². The molecule has 0 atom stereocenters. The number of para-hydroxylation sites is 1. The molecule has 184 valence electrons. The number of ether oxygens (including phenoxy) is 2. The Bertz CT molecular complexity index is 1540. The van der Waals surface area contributed by atoms with Crippen molar-refractivity contribution >= 4 is 45.4 Å². The number of pyridine rings is 1. The molecular formula is C29H23N3O5. The topological polar surface area (TPSA) is 81.1 Å². The van der Waals surface area contributed by atoms with E-state index < -0.39 is 12.2 Å². The van der Waals surface area contributed by atoms with Crippen LogP contribution in [0.1, 0.15) is 0 Å². The summed E-state index contributed by atoms with van der Waals surface area (Å²) in [6.07, 6.45) is 9.72. The molecule has 8 heteroatoms. The smallest absolute Gasteiger partial charge is 0.414 e. The summed E-state index contributed by atoms with van der Waals surface area (Å²) in [6, 6.07) is 19.4. The molecule has 0 radical (unpaired) electrons. The van der Waals surface area contributed by atoms with Gasteiger partial charge in [-0.05, 0) is 48.5 Å². The lowest BCUT2D eigenvalue weighted by atomic mass is 10.1. The van der Waals surface area contributed by atoms with Gasteiger partial charge in [-0.3, -0.25) is 14.6 Å². The van der Waals surface area contributed by atoms with Gasteiger partial charge in [0.25, 0.3) is 0 Å². The lowest BCUT2D eigenvalue weighted by Crippen LogP contribution is -2.31. The first-order valence-corrected chi connectivity index (χ1v) is 11.2. The second-order valence-corrected chi connectivity index (χ2v) is 7.92. The molecule has 0 bridgehead atoms. The van der Waals surface area contributed by atoms with Crippen LogP contribution in [0.25, 0.3) is 27.5 Å². The first kappa shape index (κ1) is 24.9. The number of carbonyl (C=O) groups excluding carboxylic acids is 2. The molecule has 37 heavy (non-hydrogen) atoms. The molecule has 1 heterocycles. The third-order valence-corrected chi connectivity index (χ3v) is 5.86. The van der Waals surface area contributed by atoms with Gasteiger partial charge in [0.05, 0.1) is 49.7 Å². The number of fused-ring (bicyclic) bond motifs is 2. The van der Waals surface area contributed by atoms with Gasteiger partial charge < -0.3 is 14.0 Å². The van der Waals surface area contributed by atoms with Crippen LogP contribution in [0.3, 0.4) is 0 Å². The molecule has 3 aromatic carbocycles. The number of aromatic nitrogens is 1. The van der Waals surface area contributed by atoms with Gasteiger partial charge in [0.2, 0.25) is 0 Å². The lowest BCUT2D eigenvalue weighted by molar-refractivity contribution is 0.178. The van der Waals surface area contributed by atoms with E-state index in [1.165, 1.54) is 24.0 Å². The van der Waals surface area contributed by atoms with Gasteiger partial charge in [-0.25, -0.2) is 9.59 Å². The third kappa shape index (κ3) is 4.56. The number of hydrogen-bond acceptors (Lipinski definition) is 5. The Hall–Kier alpha value is -5.21. The van der Waals surface area contributed by atoms with Gasteiger partial charge in [0.1, 0.15) is 0 Å². The molecule has 0 aliphatic carbocycles. The minimum atomic E-state index is -0.628. The van der Waals surface area contributed by atoms with E-state index in [-0.39, 0.29) is 18.5 Å². The number of terminal acetylenes is 2. The Morgan fingerprint density at radius 3 is 1.65 bits per heavy atom. The summed E-state index contributed by atoms with van der Waals surface area (Å²) >= 11 is 0. The molecule has 0 saturated heterocycles. The molecule has 0 aliphatic heterocycles. The van der Waals surface area contributed by atoms with Crippen molar-refractivity contribution in [2.75, 3.05) is 37.1 Å². The predicted octanol–water partition coefficient (Wildman–Crippen LogP) is 4.56. The average molecular weight is 494 g/mol. The van der Waals surface area contributed by atoms with E-state index in [2.05, 4.69) is 11.8 Å². The molecule has 0 fully saturated rings. The van der Waals surface area contributed by atoms with Crippen molar-refractivity contribution < 1.29 is 19.1 Å². The zero-order valence-corrected chi connectivity index (χ0v) is 20.3. The van der Waals surface area contributed by atoms with E-state index in [0.29, 0.717) is 33.2 Å². The second-order valence-electron chi connectivity index (χ2n) is 7.92. The fourth-order valence-corrected chi connectivity index (χ4v) is 4.19. The number of benzene rings is 3. The molecule has 0 aliphatic rings. The molecular weight excluding hydrogens is 470 g/mol. The standard InChI is InChI=1S/C29H23N3O5/c1-5-16-30(28(34)36-3)21-12-14-23-25(18-21)32(20-10-8-7-9-11-20)26-19-22(13-15-24(26)27(23)33)31(17-6-2)29(35)37-4/h1-2,7-15,18-19H,16-17H2,3-4H3. The molecule has 0 saturated carbocycles. The van der Waals surface area contributed by atoms with Crippen molar-refractivity contribution in [3.63, 3.8) is 0 Å². The molecule has 2 amide bonds. The Morgan fingerprint density at radius 2 is 1.24 bits per heavy atom. The Kier molecular flexibility index (Phi) is 7.13. The Balaban J connectivity index is 2.11. The summed E-state index contributed by atoms with van der Waals surface area (Å²) < 4.78 is 11.7. The number of hydrogen-bond donors (Lipinski definition) is 0. The predicted molar refractivity (Wildman–Crippen MR) is 144 cm³/mol. The van der Waals surface area contributed by atoms with Crippen LogP contribution in [0.2, 0.25) is 0 Å². The highest BCUT2D eigenvalue weighted by atomic mass is 16.5. The molecule has 4 aromatic rings. The summed E-state index contributed by atoms with van der Waals surface area (Å²) in [5, 5.41) is 0.874. The number of anilines is 2. The van der Waals surface area contributed by atoms with Crippen LogP contribution in [0.5, 0.6) is 0 Å². The summed E-state index contributed by atoms with van der Waals surface area (Å²) in [6.45, 7) is -0.0443. The van der Waals surface area contributed by atoms with Crippen LogP contribution in [-0.4, -0.2) is 44.1 Å². The summed E-state index contributed by atoms with van der Waals surface area (Å²) in [4.78, 5) is 41.0. The Morgan fingerprint density at radius 1 is 0.784 bits per heavy atom. The van der Waals surface area contributed by atoms with Crippen LogP contribution in [0, 0.1) is 24.7 Å². The highest BCUT2D eigenvalue weighted by Gasteiger charge is 2.21. The van der Waals surface area contributed by atoms with Crippen molar-refractivity contribution in [3.8, 4) is 30.4 Å². The molecule has 0 N–H and O–H groups in total. The highest BCUT2D eigenvalue weighted by molar-refractivity contribution is 6.00. The normalized spacial score (nSPS) is 10.4. The maximum atomic E-state index is 13.6. The molecule has 4 rings (SSSR count). The summed E-state index contributed by atoms with van der Waals surface area (Å²) in [7, 11) is 2.54. The maximum Gasteiger partial charge on any atom is 0.414 e. The lowest BCUT2D eigenvalue weighted by Gasteiger charge is -2.22. The quantitative estimate of drug-likeness (QED) is 0.301. The first-order chi connectivity index (χ1) is 17.9. The highest BCUT2D eigenvalue weighted by Crippen LogP contribution is 2.30. The molecule has 8 nitrogen and oxygen atoms in total. The minimum Gasteiger partial charge on any atom is -0.452 e. The number of carbonyl (C=O) groups is 2. The van der Waals surface area contributed by atoms with E-state index in [9.17, 15) is 14.4 Å². The number of amides is 2. The van der Waals surface area contributed by atoms with Gasteiger partial charge in [-0.2, -0.15) is 0 Å². The fourth-order valence-electron chi connectivity index (χ4n) is 4.19. The molecule has 1 aromatic heterocycles. The zero-order valence-electron chi connectivity index (χ0n) is 20.3. The monoisotopic (exact) mass is 493 g/mol. The minimum absolute atomic E-state index is 0.0222. The number of nitrogens with zero attached hydrogens (tertiary/aromatic N) is 3. The maximum absolute atomic E-state index is 13.6. The van der Waals surface area contributed by atoms with Gasteiger partial charge in [0, 0.05) is 16.5 Å². The fraction of sp³-hybridized carbons (Fsp3) is 0.138. The largest absolute Gasteiger partial charge is 0.452 e. The number of methoxy groups -OCH3 is 2. The van der Waals surface area contributed by atoms with Crippen molar-refractivity contribution in [1.29, 1.82) is 0 Å².